The van der Waals surface area contributed by atoms with E-state index < -0.39 is 9.84 Å². The minimum absolute atomic E-state index is 0. The van der Waals surface area contributed by atoms with Crippen molar-refractivity contribution in [3.8, 4) is 0 Å². The van der Waals surface area contributed by atoms with E-state index >= 15 is 0 Å². The van der Waals surface area contributed by atoms with Crippen molar-refractivity contribution in [2.45, 2.75) is 19.8 Å². The molecule has 0 spiro atoms. The van der Waals surface area contributed by atoms with E-state index in [4.69, 9.17) is 5.73 Å². The van der Waals surface area contributed by atoms with Crippen molar-refractivity contribution in [3.63, 3.8) is 0 Å². The molecule has 0 radical (unpaired) electrons. The Kier molecular flexibility index (Phi) is 10.7. The van der Waals surface area contributed by atoms with Gasteiger partial charge in [-0.05, 0) is 18.4 Å². The Morgan fingerprint density at radius 1 is 1.05 bits per heavy atom. The number of sulfone groups is 1. The van der Waals surface area contributed by atoms with Crippen molar-refractivity contribution in [2.75, 3.05) is 37.7 Å². The highest BCUT2D eigenvalue weighted by atomic mass is 35.5. The summed E-state index contributed by atoms with van der Waals surface area (Å²) in [5.74, 6) is 0.512. The van der Waals surface area contributed by atoms with Crippen LogP contribution in [0.1, 0.15) is 18.9 Å². The van der Waals surface area contributed by atoms with Crippen LogP contribution in [-0.2, 0) is 16.3 Å². The third kappa shape index (κ3) is 9.09. The lowest BCUT2D eigenvalue weighted by Crippen LogP contribution is -2.35. The highest BCUT2D eigenvalue weighted by Crippen LogP contribution is 2.02. The second kappa shape index (κ2) is 11.0. The Hall–Kier alpha value is -0.620. The highest BCUT2D eigenvalue weighted by Gasteiger charge is 2.12. The van der Waals surface area contributed by atoms with E-state index in [1.165, 1.54) is 5.56 Å². The zero-order valence-corrected chi connectivity index (χ0v) is 14.3. The average molecular weight is 335 g/mol. The van der Waals surface area contributed by atoms with Gasteiger partial charge in [-0.3, -0.25) is 0 Å². The third-order valence-corrected chi connectivity index (χ3v) is 5.07. The first-order valence-electron chi connectivity index (χ1n) is 7.24. The summed E-state index contributed by atoms with van der Waals surface area (Å²) in [5.41, 5.74) is 6.87. The van der Waals surface area contributed by atoms with Crippen molar-refractivity contribution in [3.05, 3.63) is 35.9 Å². The minimum atomic E-state index is -2.91. The lowest BCUT2D eigenvalue weighted by atomic mass is 10.1. The molecule has 1 rings (SSSR count). The molecule has 0 aliphatic heterocycles. The molecule has 2 N–H and O–H groups in total. The molecule has 0 fully saturated rings. The van der Waals surface area contributed by atoms with Crippen LogP contribution in [0, 0.1) is 0 Å². The SMILES string of the molecule is CCCS(=O)(=O)CCN(CCN)CCc1ccccc1.Cl. The first kappa shape index (κ1) is 20.4. The molecule has 6 heteroatoms. The summed E-state index contributed by atoms with van der Waals surface area (Å²) in [5, 5.41) is 0. The van der Waals surface area contributed by atoms with Crippen molar-refractivity contribution >= 4 is 22.2 Å². The molecule has 0 saturated carbocycles. The van der Waals surface area contributed by atoms with E-state index in [9.17, 15) is 8.42 Å². The van der Waals surface area contributed by atoms with Crippen LogP contribution >= 0.6 is 12.4 Å². The molecule has 1 aromatic rings. The zero-order valence-electron chi connectivity index (χ0n) is 12.7. The first-order chi connectivity index (χ1) is 9.57. The first-order valence-corrected chi connectivity index (χ1v) is 9.06. The second-order valence-electron chi connectivity index (χ2n) is 5.02. The number of rotatable bonds is 10. The lowest BCUT2D eigenvalue weighted by Gasteiger charge is -2.21. The molecule has 21 heavy (non-hydrogen) atoms. The van der Waals surface area contributed by atoms with E-state index in [1.807, 2.05) is 25.1 Å². The molecular formula is C15H27ClN2O2S. The molecule has 0 atom stereocenters. The summed E-state index contributed by atoms with van der Waals surface area (Å²) in [6.07, 6.45) is 1.61. The van der Waals surface area contributed by atoms with Gasteiger partial charge in [-0.2, -0.15) is 0 Å². The average Bonchev–Trinajstić information content (AvgIpc) is 2.43. The lowest BCUT2D eigenvalue weighted by molar-refractivity contribution is 0.301. The van der Waals surface area contributed by atoms with Gasteiger partial charge in [0.05, 0.1) is 5.75 Å². The molecule has 0 bridgehead atoms. The fraction of sp³-hybridized carbons (Fsp3) is 0.600. The predicted molar refractivity (Wildman–Crippen MR) is 91.8 cm³/mol. The van der Waals surface area contributed by atoms with Crippen LogP contribution in [0.2, 0.25) is 0 Å². The van der Waals surface area contributed by atoms with Gasteiger partial charge in [0.1, 0.15) is 0 Å². The Labute approximate surface area is 135 Å². The zero-order chi connectivity index (χ0) is 14.8. The molecule has 1 aromatic carbocycles. The van der Waals surface area contributed by atoms with Gasteiger partial charge in [0.15, 0.2) is 9.84 Å². The van der Waals surface area contributed by atoms with E-state index in [1.54, 1.807) is 0 Å². The standard InChI is InChI=1S/C15H26N2O2S.ClH/c1-2-13-20(18,19)14-12-17(11-9-16)10-8-15-6-4-3-5-7-15;/h3-7H,2,8-14,16H2,1H3;1H. The fourth-order valence-corrected chi connectivity index (χ4v) is 3.49. The minimum Gasteiger partial charge on any atom is -0.329 e. The van der Waals surface area contributed by atoms with E-state index in [2.05, 4.69) is 17.0 Å². The Balaban J connectivity index is 0.00000400. The molecule has 0 unspecified atom stereocenters. The summed E-state index contributed by atoms with van der Waals surface area (Å²) < 4.78 is 23.5. The van der Waals surface area contributed by atoms with Crippen LogP contribution in [0.3, 0.4) is 0 Å². The van der Waals surface area contributed by atoms with E-state index in [0.717, 1.165) is 19.5 Å². The number of halogens is 1. The normalized spacial score (nSPS) is 11.4. The molecule has 0 aliphatic rings. The largest absolute Gasteiger partial charge is 0.329 e. The van der Waals surface area contributed by atoms with Crippen LogP contribution in [0.15, 0.2) is 30.3 Å². The molecule has 0 saturated heterocycles. The molecule has 122 valence electrons. The van der Waals surface area contributed by atoms with Gasteiger partial charge in [-0.1, -0.05) is 37.3 Å². The highest BCUT2D eigenvalue weighted by molar-refractivity contribution is 7.91. The van der Waals surface area contributed by atoms with Crippen LogP contribution in [0.4, 0.5) is 0 Å². The van der Waals surface area contributed by atoms with Crippen molar-refractivity contribution in [2.24, 2.45) is 5.73 Å². The quantitative estimate of drug-likeness (QED) is 0.708. The van der Waals surface area contributed by atoms with Gasteiger partial charge in [-0.15, -0.1) is 12.4 Å². The number of nitrogens with zero attached hydrogens (tertiary/aromatic N) is 1. The number of benzene rings is 1. The summed E-state index contributed by atoms with van der Waals surface area (Å²) in [7, 11) is -2.91. The smallest absolute Gasteiger partial charge is 0.151 e. The van der Waals surface area contributed by atoms with Gasteiger partial charge in [-0.25, -0.2) is 8.42 Å². The maximum atomic E-state index is 11.8. The van der Waals surface area contributed by atoms with Crippen LogP contribution in [0.5, 0.6) is 0 Å². The molecule has 0 aliphatic carbocycles. The van der Waals surface area contributed by atoms with Crippen LogP contribution in [-0.4, -0.2) is 51.0 Å². The topological polar surface area (TPSA) is 63.4 Å². The van der Waals surface area contributed by atoms with Crippen molar-refractivity contribution < 1.29 is 8.42 Å². The Bertz CT molecular complexity index is 466. The molecule has 0 amide bonds. The predicted octanol–water partition coefficient (Wildman–Crippen LogP) is 1.74. The van der Waals surface area contributed by atoms with Crippen LogP contribution < -0.4 is 5.73 Å². The molecular weight excluding hydrogens is 308 g/mol. The summed E-state index contributed by atoms with van der Waals surface area (Å²) in [4.78, 5) is 2.14. The van der Waals surface area contributed by atoms with Gasteiger partial charge >= 0.3 is 0 Å². The van der Waals surface area contributed by atoms with Gasteiger partial charge in [0.25, 0.3) is 0 Å². The third-order valence-electron chi connectivity index (χ3n) is 3.24. The second-order valence-corrected chi connectivity index (χ2v) is 7.32. The number of hydrogen-bond acceptors (Lipinski definition) is 4. The van der Waals surface area contributed by atoms with Crippen molar-refractivity contribution in [1.29, 1.82) is 0 Å². The van der Waals surface area contributed by atoms with Gasteiger partial charge < -0.3 is 10.6 Å². The van der Waals surface area contributed by atoms with Gasteiger partial charge in [0, 0.05) is 31.9 Å². The maximum Gasteiger partial charge on any atom is 0.151 e. The van der Waals surface area contributed by atoms with E-state index in [-0.39, 0.29) is 23.9 Å². The number of hydrogen-bond donors (Lipinski definition) is 1. The van der Waals surface area contributed by atoms with Crippen molar-refractivity contribution in [1.82, 2.24) is 4.90 Å². The summed E-state index contributed by atoms with van der Waals surface area (Å²) >= 11 is 0. The van der Waals surface area contributed by atoms with Gasteiger partial charge in [0.2, 0.25) is 0 Å². The monoisotopic (exact) mass is 334 g/mol. The Morgan fingerprint density at radius 3 is 2.29 bits per heavy atom. The molecule has 4 nitrogen and oxygen atoms in total. The summed E-state index contributed by atoms with van der Waals surface area (Å²) in [6, 6.07) is 10.2. The van der Waals surface area contributed by atoms with E-state index in [0.29, 0.717) is 19.5 Å². The summed E-state index contributed by atoms with van der Waals surface area (Å²) in [6.45, 7) is 4.62. The molecule has 0 heterocycles. The van der Waals surface area contributed by atoms with Crippen LogP contribution in [0.25, 0.3) is 0 Å². The number of nitrogens with two attached hydrogens (primary N) is 1. The Morgan fingerprint density at radius 2 is 1.71 bits per heavy atom. The maximum absolute atomic E-state index is 11.8. The fourth-order valence-electron chi connectivity index (χ4n) is 2.13. The molecule has 0 aromatic heterocycles.